The lowest BCUT2D eigenvalue weighted by atomic mass is 10.3. The van der Waals surface area contributed by atoms with Crippen molar-refractivity contribution in [2.75, 3.05) is 12.3 Å². The van der Waals surface area contributed by atoms with Crippen molar-refractivity contribution in [1.29, 1.82) is 0 Å². The van der Waals surface area contributed by atoms with Crippen LogP contribution >= 0.6 is 34.3 Å². The molecule has 7 heteroatoms. The first-order valence-corrected chi connectivity index (χ1v) is 7.41. The lowest BCUT2D eigenvalue weighted by Gasteiger charge is -2.02. The Hall–Kier alpha value is -1.11. The maximum atomic E-state index is 11.6. The van der Waals surface area contributed by atoms with E-state index in [1.807, 2.05) is 12.1 Å². The molecule has 0 bridgehead atoms. The second-order valence-corrected chi connectivity index (χ2v) is 6.35. The molecule has 2 heterocycles. The van der Waals surface area contributed by atoms with E-state index >= 15 is 0 Å². The minimum Gasteiger partial charge on any atom is -0.375 e. The lowest BCUT2D eigenvalue weighted by molar-refractivity contribution is -0.120. The second-order valence-electron chi connectivity index (χ2n) is 3.66. The van der Waals surface area contributed by atoms with Crippen LogP contribution in [-0.2, 0) is 17.6 Å². The summed E-state index contributed by atoms with van der Waals surface area (Å²) in [5.74, 6) is -0.0389. The summed E-state index contributed by atoms with van der Waals surface area (Å²) in [4.78, 5) is 16.8. The van der Waals surface area contributed by atoms with Crippen LogP contribution in [-0.4, -0.2) is 17.4 Å². The fraction of sp³-hybridized carbons (Fsp3) is 0.273. The molecule has 3 N–H and O–H groups in total. The zero-order valence-corrected chi connectivity index (χ0v) is 11.9. The molecule has 0 unspecified atom stereocenters. The Morgan fingerprint density at radius 3 is 2.94 bits per heavy atom. The zero-order chi connectivity index (χ0) is 13.0. The van der Waals surface area contributed by atoms with Gasteiger partial charge in [0.05, 0.1) is 16.5 Å². The van der Waals surface area contributed by atoms with Gasteiger partial charge >= 0.3 is 0 Å². The van der Waals surface area contributed by atoms with Gasteiger partial charge < -0.3 is 11.1 Å². The number of thiazole rings is 1. The van der Waals surface area contributed by atoms with Crippen molar-refractivity contribution in [3.05, 3.63) is 32.4 Å². The average Bonchev–Trinajstić information content (AvgIpc) is 2.88. The summed E-state index contributed by atoms with van der Waals surface area (Å²) in [5.41, 5.74) is 6.21. The third-order valence-electron chi connectivity index (χ3n) is 2.23. The molecule has 1 amide bonds. The average molecular weight is 302 g/mol. The predicted octanol–water partition coefficient (Wildman–Crippen LogP) is 2.34. The van der Waals surface area contributed by atoms with Gasteiger partial charge in [0.15, 0.2) is 5.13 Å². The first-order chi connectivity index (χ1) is 8.63. The molecule has 2 aromatic rings. The number of thiophene rings is 1. The monoisotopic (exact) mass is 301 g/mol. The van der Waals surface area contributed by atoms with Crippen LogP contribution in [0.4, 0.5) is 5.13 Å². The molecule has 4 nitrogen and oxygen atoms in total. The number of aromatic nitrogens is 1. The second kappa shape index (κ2) is 6.17. The molecule has 0 aliphatic heterocycles. The number of rotatable bonds is 5. The molecule has 0 saturated heterocycles. The Bertz CT molecular complexity index is 538. The van der Waals surface area contributed by atoms with Crippen molar-refractivity contribution in [2.45, 2.75) is 12.8 Å². The number of hydrogen-bond acceptors (Lipinski definition) is 5. The van der Waals surface area contributed by atoms with Crippen molar-refractivity contribution in [1.82, 2.24) is 10.3 Å². The highest BCUT2D eigenvalue weighted by Gasteiger charge is 2.06. The van der Waals surface area contributed by atoms with Crippen LogP contribution in [0.2, 0.25) is 4.34 Å². The molecule has 0 spiro atoms. The highest BCUT2D eigenvalue weighted by molar-refractivity contribution is 7.16. The topological polar surface area (TPSA) is 68.0 Å². The van der Waals surface area contributed by atoms with Gasteiger partial charge in [-0.1, -0.05) is 11.6 Å². The summed E-state index contributed by atoms with van der Waals surface area (Å²) in [6.45, 7) is 0.606. The highest BCUT2D eigenvalue weighted by atomic mass is 35.5. The standard InChI is InChI=1S/C11H12ClN3OS2/c12-9-2-1-8(18-9)3-4-14-10(16)5-7-6-17-11(13)15-7/h1-2,6H,3-5H2,(H2,13,15)(H,14,16). The number of nitrogens with one attached hydrogen (secondary N) is 1. The number of nitrogens with zero attached hydrogens (tertiary/aromatic N) is 1. The smallest absolute Gasteiger partial charge is 0.226 e. The van der Waals surface area contributed by atoms with Crippen LogP contribution in [0.3, 0.4) is 0 Å². The Balaban J connectivity index is 1.72. The van der Waals surface area contributed by atoms with E-state index in [9.17, 15) is 4.79 Å². The molecule has 0 radical (unpaired) electrons. The molecular weight excluding hydrogens is 290 g/mol. The van der Waals surface area contributed by atoms with E-state index in [0.29, 0.717) is 17.4 Å². The number of carbonyl (C=O) groups is 1. The van der Waals surface area contributed by atoms with Crippen LogP contribution in [0.5, 0.6) is 0 Å². The van der Waals surface area contributed by atoms with Gasteiger partial charge in [-0.2, -0.15) is 0 Å². The maximum Gasteiger partial charge on any atom is 0.226 e. The fourth-order valence-corrected chi connectivity index (χ4v) is 3.09. The molecule has 0 aliphatic carbocycles. The van der Waals surface area contributed by atoms with Crippen LogP contribution in [0.1, 0.15) is 10.6 Å². The minimum atomic E-state index is -0.0389. The number of nitrogen functional groups attached to an aromatic ring is 1. The van der Waals surface area contributed by atoms with Crippen molar-refractivity contribution < 1.29 is 4.79 Å². The number of carbonyl (C=O) groups excluding carboxylic acids is 1. The van der Waals surface area contributed by atoms with E-state index in [4.69, 9.17) is 17.3 Å². The van der Waals surface area contributed by atoms with Crippen LogP contribution in [0.25, 0.3) is 0 Å². The molecule has 96 valence electrons. The summed E-state index contributed by atoms with van der Waals surface area (Å²) < 4.78 is 0.772. The number of hydrogen-bond donors (Lipinski definition) is 2. The lowest BCUT2D eigenvalue weighted by Crippen LogP contribution is -2.27. The maximum absolute atomic E-state index is 11.6. The Morgan fingerprint density at radius 2 is 2.33 bits per heavy atom. The number of anilines is 1. The molecule has 0 aromatic carbocycles. The molecule has 18 heavy (non-hydrogen) atoms. The quantitative estimate of drug-likeness (QED) is 0.890. The first kappa shape index (κ1) is 13.3. The summed E-state index contributed by atoms with van der Waals surface area (Å²) in [6.07, 6.45) is 1.07. The van der Waals surface area contributed by atoms with E-state index in [1.165, 1.54) is 27.6 Å². The number of amides is 1. The molecule has 0 fully saturated rings. The fourth-order valence-electron chi connectivity index (χ4n) is 1.44. The van der Waals surface area contributed by atoms with Gasteiger partial charge in [0.2, 0.25) is 5.91 Å². The normalized spacial score (nSPS) is 10.5. The van der Waals surface area contributed by atoms with Crippen molar-refractivity contribution >= 4 is 45.3 Å². The third-order valence-corrected chi connectivity index (χ3v) is 4.25. The Morgan fingerprint density at radius 1 is 1.50 bits per heavy atom. The van der Waals surface area contributed by atoms with Gasteiger partial charge in [-0.05, 0) is 18.6 Å². The van der Waals surface area contributed by atoms with E-state index in [0.717, 1.165) is 10.8 Å². The van der Waals surface area contributed by atoms with Crippen molar-refractivity contribution in [2.24, 2.45) is 0 Å². The summed E-state index contributed by atoms with van der Waals surface area (Å²) >= 11 is 8.70. The molecule has 2 aromatic heterocycles. The van der Waals surface area contributed by atoms with E-state index in [1.54, 1.807) is 5.38 Å². The highest BCUT2D eigenvalue weighted by Crippen LogP contribution is 2.21. The molecule has 0 saturated carbocycles. The van der Waals surface area contributed by atoms with Crippen molar-refractivity contribution in [3.8, 4) is 0 Å². The van der Waals surface area contributed by atoms with E-state index in [-0.39, 0.29) is 12.3 Å². The third kappa shape index (κ3) is 3.97. The molecule has 2 rings (SSSR count). The van der Waals surface area contributed by atoms with Crippen LogP contribution in [0.15, 0.2) is 17.5 Å². The molecule has 0 aliphatic rings. The van der Waals surface area contributed by atoms with Gasteiger partial charge in [-0.15, -0.1) is 22.7 Å². The largest absolute Gasteiger partial charge is 0.375 e. The van der Waals surface area contributed by atoms with Crippen LogP contribution in [0, 0.1) is 0 Å². The molecular formula is C11H12ClN3OS2. The Kier molecular flexibility index (Phi) is 4.57. The minimum absolute atomic E-state index is 0.0389. The van der Waals surface area contributed by atoms with Crippen LogP contribution < -0.4 is 11.1 Å². The van der Waals surface area contributed by atoms with E-state index < -0.39 is 0 Å². The Labute approximate surface area is 118 Å². The van der Waals surface area contributed by atoms with Gasteiger partial charge in [0.1, 0.15) is 0 Å². The predicted molar refractivity (Wildman–Crippen MR) is 76.3 cm³/mol. The molecule has 0 atom stereocenters. The summed E-state index contributed by atoms with van der Waals surface area (Å²) in [6, 6.07) is 3.84. The van der Waals surface area contributed by atoms with Gasteiger partial charge in [-0.25, -0.2) is 4.98 Å². The van der Waals surface area contributed by atoms with Gasteiger partial charge in [-0.3, -0.25) is 4.79 Å². The number of halogens is 1. The zero-order valence-electron chi connectivity index (χ0n) is 9.48. The summed E-state index contributed by atoms with van der Waals surface area (Å²) in [5, 5.41) is 5.14. The SMILES string of the molecule is Nc1nc(CC(=O)NCCc2ccc(Cl)s2)cs1. The van der Waals surface area contributed by atoms with Crippen molar-refractivity contribution in [3.63, 3.8) is 0 Å². The number of nitrogens with two attached hydrogens (primary N) is 1. The first-order valence-electron chi connectivity index (χ1n) is 5.34. The summed E-state index contributed by atoms with van der Waals surface area (Å²) in [7, 11) is 0. The van der Waals surface area contributed by atoms with Gasteiger partial charge in [0, 0.05) is 16.8 Å². The van der Waals surface area contributed by atoms with E-state index in [2.05, 4.69) is 10.3 Å². The van der Waals surface area contributed by atoms with Gasteiger partial charge in [0.25, 0.3) is 0 Å².